The predicted octanol–water partition coefficient (Wildman–Crippen LogP) is 0.899. The summed E-state index contributed by atoms with van der Waals surface area (Å²) in [4.78, 5) is 14.2. The van der Waals surface area contributed by atoms with E-state index in [2.05, 4.69) is 0 Å². The number of halogens is 6. The minimum atomic E-state index is 0. The van der Waals surface area contributed by atoms with Gasteiger partial charge in [0.1, 0.15) is 0 Å². The summed E-state index contributed by atoms with van der Waals surface area (Å²) in [5.74, 6) is 0. The monoisotopic (exact) mass is 234 g/mol. The van der Waals surface area contributed by atoms with Crippen LogP contribution in [0.25, 0.3) is 0 Å². The zero-order valence-electron chi connectivity index (χ0n) is 7.67. The second-order valence-corrected chi connectivity index (χ2v) is 2.13. The number of rotatable bonds is 0. The van der Waals surface area contributed by atoms with Crippen molar-refractivity contribution in [3.63, 3.8) is 0 Å². The number of likely N-dealkylation sites (N-methyl/N-ethyl adjacent to an activating group) is 2. The highest BCUT2D eigenvalue weighted by Crippen LogP contribution is 2.00. The highest BCUT2D eigenvalue weighted by Gasteiger charge is 2.20. The van der Waals surface area contributed by atoms with Crippen LogP contribution in [0.3, 0.4) is 0 Å². The number of hydrogen-bond donors (Lipinski definition) is 0. The standard InChI is InChI=1S/C5H10N2O.6FH/c1-6-3-4-7(2)5(6)8;;;;;;/h3-4H2,1-2H3;6*1H. The van der Waals surface area contributed by atoms with Gasteiger partial charge >= 0.3 is 6.03 Å². The van der Waals surface area contributed by atoms with E-state index in [4.69, 9.17) is 0 Å². The third kappa shape index (κ3) is 7.50. The van der Waals surface area contributed by atoms with Crippen LogP contribution in [0.15, 0.2) is 0 Å². The molecule has 0 atom stereocenters. The van der Waals surface area contributed by atoms with Crippen LogP contribution in [-0.4, -0.2) is 43.0 Å². The molecule has 3 nitrogen and oxygen atoms in total. The minimum Gasteiger partial charge on any atom is -0.326 e. The normalized spacial score (nSPS) is 11.7. The number of carbonyl (C=O) groups is 1. The van der Waals surface area contributed by atoms with E-state index in [-0.39, 0.29) is 34.3 Å². The van der Waals surface area contributed by atoms with Crippen molar-refractivity contribution in [3.8, 4) is 0 Å². The Balaban J connectivity index is -0.0000000267. The van der Waals surface area contributed by atoms with E-state index >= 15 is 0 Å². The smallest absolute Gasteiger partial charge is 0.319 e. The molecule has 0 radical (unpaired) electrons. The Morgan fingerprint density at radius 1 is 0.786 bits per heavy atom. The lowest BCUT2D eigenvalue weighted by atomic mass is 10.6. The third-order valence-corrected chi connectivity index (χ3v) is 1.42. The zero-order chi connectivity index (χ0) is 6.15. The Kier molecular flexibility index (Phi) is 39.5. The fourth-order valence-electron chi connectivity index (χ4n) is 0.783. The molecule has 0 bridgehead atoms. The predicted molar refractivity (Wildman–Crippen MR) is 45.7 cm³/mol. The average molecular weight is 234 g/mol. The fraction of sp³-hybridized carbons (Fsp3) is 0.800. The van der Waals surface area contributed by atoms with E-state index in [0.717, 1.165) is 13.1 Å². The minimum absolute atomic E-state index is 0. The van der Waals surface area contributed by atoms with Crippen LogP contribution in [-0.2, 0) is 0 Å². The lowest BCUT2D eigenvalue weighted by Crippen LogP contribution is -2.25. The van der Waals surface area contributed by atoms with Gasteiger partial charge in [-0.3, -0.25) is 28.2 Å². The van der Waals surface area contributed by atoms with Crippen molar-refractivity contribution in [2.24, 2.45) is 0 Å². The van der Waals surface area contributed by atoms with Gasteiger partial charge in [0.15, 0.2) is 0 Å². The van der Waals surface area contributed by atoms with Gasteiger partial charge in [-0.2, -0.15) is 0 Å². The van der Waals surface area contributed by atoms with Crippen molar-refractivity contribution >= 4 is 6.03 Å². The molecule has 0 saturated carbocycles. The molecule has 0 unspecified atom stereocenters. The summed E-state index contributed by atoms with van der Waals surface area (Å²) in [6, 6.07) is 0.130. The largest absolute Gasteiger partial charge is 0.326 e. The Morgan fingerprint density at radius 3 is 1.07 bits per heavy atom. The van der Waals surface area contributed by atoms with E-state index in [1.165, 1.54) is 0 Å². The molecular weight excluding hydrogens is 218 g/mol. The average Bonchev–Trinajstić information content (AvgIpc) is 1.98. The molecule has 0 aliphatic carbocycles. The molecule has 0 aromatic carbocycles. The molecule has 94 valence electrons. The molecule has 0 aromatic rings. The second-order valence-electron chi connectivity index (χ2n) is 2.13. The van der Waals surface area contributed by atoms with Crippen molar-refractivity contribution in [1.82, 2.24) is 9.80 Å². The maximum Gasteiger partial charge on any atom is 0.319 e. The molecule has 9 heteroatoms. The highest BCUT2D eigenvalue weighted by molar-refractivity contribution is 5.75. The van der Waals surface area contributed by atoms with Gasteiger partial charge in [0, 0.05) is 27.2 Å². The molecule has 0 N–H and O–H groups in total. The fourth-order valence-corrected chi connectivity index (χ4v) is 0.783. The number of urea groups is 1. The van der Waals surface area contributed by atoms with E-state index in [1.54, 1.807) is 9.80 Å². The summed E-state index contributed by atoms with van der Waals surface area (Å²) in [6.07, 6.45) is 0. The lowest BCUT2D eigenvalue weighted by Gasteiger charge is -2.07. The van der Waals surface area contributed by atoms with Gasteiger partial charge in [-0.25, -0.2) is 4.79 Å². The van der Waals surface area contributed by atoms with Gasteiger partial charge in [0.2, 0.25) is 0 Å². The second kappa shape index (κ2) is 14.4. The van der Waals surface area contributed by atoms with Gasteiger partial charge in [-0.05, 0) is 0 Å². The van der Waals surface area contributed by atoms with Crippen molar-refractivity contribution < 1.29 is 33.0 Å². The Bertz CT molecular complexity index is 115. The summed E-state index contributed by atoms with van der Waals surface area (Å²) < 4.78 is 0. The molecule has 14 heavy (non-hydrogen) atoms. The number of hydrogen-bond acceptors (Lipinski definition) is 1. The van der Waals surface area contributed by atoms with E-state index < -0.39 is 0 Å². The lowest BCUT2D eigenvalue weighted by molar-refractivity contribution is 0.205. The van der Waals surface area contributed by atoms with E-state index in [0.29, 0.717) is 0 Å². The summed E-state index contributed by atoms with van der Waals surface area (Å²) in [5, 5.41) is 0. The molecule has 1 aliphatic heterocycles. The van der Waals surface area contributed by atoms with Crippen molar-refractivity contribution in [1.29, 1.82) is 0 Å². The van der Waals surface area contributed by atoms with E-state index in [1.807, 2.05) is 14.1 Å². The van der Waals surface area contributed by atoms with Crippen LogP contribution in [0.1, 0.15) is 0 Å². The Morgan fingerprint density at radius 2 is 1.00 bits per heavy atom. The van der Waals surface area contributed by atoms with Gasteiger partial charge in [-0.15, -0.1) is 0 Å². The first-order valence-corrected chi connectivity index (χ1v) is 2.68. The molecule has 0 aromatic heterocycles. The first-order chi connectivity index (χ1) is 3.72. The van der Waals surface area contributed by atoms with Gasteiger partial charge in [0.25, 0.3) is 0 Å². The maximum atomic E-state index is 10.8. The van der Waals surface area contributed by atoms with E-state index in [9.17, 15) is 4.79 Å². The van der Waals surface area contributed by atoms with Crippen LogP contribution in [0.4, 0.5) is 33.0 Å². The number of carbonyl (C=O) groups excluding carboxylic acids is 1. The van der Waals surface area contributed by atoms with Crippen molar-refractivity contribution in [2.45, 2.75) is 0 Å². The van der Waals surface area contributed by atoms with Gasteiger partial charge in [0.05, 0.1) is 0 Å². The summed E-state index contributed by atoms with van der Waals surface area (Å²) in [7, 11) is 3.62. The zero-order valence-corrected chi connectivity index (χ0v) is 7.67. The topological polar surface area (TPSA) is 23.6 Å². The quantitative estimate of drug-likeness (QED) is 0.571. The molecular formula is C5H16F6N2O. The van der Waals surface area contributed by atoms with Crippen LogP contribution >= 0.6 is 0 Å². The first kappa shape index (κ1) is 38.5. The Hall–Kier alpha value is -1.15. The van der Waals surface area contributed by atoms with Gasteiger partial charge in [-0.1, -0.05) is 0 Å². The maximum absolute atomic E-state index is 10.8. The summed E-state index contributed by atoms with van der Waals surface area (Å²) >= 11 is 0. The molecule has 1 fully saturated rings. The van der Waals surface area contributed by atoms with Crippen molar-refractivity contribution in [2.75, 3.05) is 27.2 Å². The molecule has 1 saturated heterocycles. The van der Waals surface area contributed by atoms with Crippen molar-refractivity contribution in [3.05, 3.63) is 0 Å². The number of nitrogens with zero attached hydrogens (tertiary/aromatic N) is 2. The van der Waals surface area contributed by atoms with Crippen LogP contribution in [0.5, 0.6) is 0 Å². The summed E-state index contributed by atoms with van der Waals surface area (Å²) in [6.45, 7) is 1.74. The third-order valence-electron chi connectivity index (χ3n) is 1.42. The van der Waals surface area contributed by atoms with Gasteiger partial charge < -0.3 is 9.80 Å². The Labute approximate surface area is 77.2 Å². The SMILES string of the molecule is CN1CCN(C)C1=O.F.F.F.F.F.F. The van der Waals surface area contributed by atoms with Crippen LogP contribution in [0, 0.1) is 0 Å². The number of amides is 2. The molecule has 1 aliphatic rings. The van der Waals surface area contributed by atoms with Crippen LogP contribution in [0.2, 0.25) is 0 Å². The summed E-state index contributed by atoms with van der Waals surface area (Å²) in [5.41, 5.74) is 0. The molecule has 2 amide bonds. The van der Waals surface area contributed by atoms with Crippen LogP contribution < -0.4 is 0 Å². The molecule has 1 heterocycles. The highest BCUT2D eigenvalue weighted by atomic mass is 19.0. The first-order valence-electron chi connectivity index (χ1n) is 2.68. The molecule has 0 spiro atoms. The molecule has 1 rings (SSSR count).